The second-order valence-electron chi connectivity index (χ2n) is 4.17. The summed E-state index contributed by atoms with van der Waals surface area (Å²) in [5.41, 5.74) is 3.72. The van der Waals surface area contributed by atoms with Crippen LogP contribution in [0.5, 0.6) is 0 Å². The van der Waals surface area contributed by atoms with Gasteiger partial charge in [-0.3, -0.25) is 0 Å². The summed E-state index contributed by atoms with van der Waals surface area (Å²) >= 11 is 0. The molecule has 0 spiro atoms. The number of allylic oxidation sites excluding steroid dienone is 2. The Bertz CT molecular complexity index is 525. The molecule has 0 amide bonds. The highest BCUT2D eigenvalue weighted by Gasteiger charge is 2.17. The lowest BCUT2D eigenvalue weighted by molar-refractivity contribution is 0.256. The van der Waals surface area contributed by atoms with Crippen molar-refractivity contribution in [1.82, 2.24) is 0 Å². The summed E-state index contributed by atoms with van der Waals surface area (Å²) in [4.78, 5) is 13.3. The molecule has 18 heavy (non-hydrogen) atoms. The molecule has 3 heteroatoms. The minimum Gasteiger partial charge on any atom is -0.499 e. The fourth-order valence-electron chi connectivity index (χ4n) is 2.05. The highest BCUT2D eigenvalue weighted by atomic mass is 16.5. The van der Waals surface area contributed by atoms with E-state index in [-0.39, 0.29) is 5.92 Å². The van der Waals surface area contributed by atoms with Gasteiger partial charge in [-0.25, -0.2) is 9.79 Å². The van der Waals surface area contributed by atoms with Gasteiger partial charge in [-0.05, 0) is 23.6 Å². The fraction of sp³-hybridized carbons (Fsp3) is 0.267. The van der Waals surface area contributed by atoms with Gasteiger partial charge in [0, 0.05) is 5.92 Å². The van der Waals surface area contributed by atoms with Crippen LogP contribution in [0.4, 0.5) is 0 Å². The summed E-state index contributed by atoms with van der Waals surface area (Å²) in [6.07, 6.45) is 7.54. The lowest BCUT2D eigenvalue weighted by Gasteiger charge is -2.11. The monoisotopic (exact) mass is 241 g/mol. The minimum absolute atomic E-state index is 0.288. The van der Waals surface area contributed by atoms with E-state index in [0.29, 0.717) is 13.2 Å². The molecule has 3 nitrogen and oxygen atoms in total. The van der Waals surface area contributed by atoms with Gasteiger partial charge in [-0.1, -0.05) is 36.4 Å². The summed E-state index contributed by atoms with van der Waals surface area (Å²) in [5, 5.41) is 0. The van der Waals surface area contributed by atoms with Crippen LogP contribution < -0.4 is 0 Å². The first-order valence-corrected chi connectivity index (χ1v) is 5.92. The van der Waals surface area contributed by atoms with Crippen LogP contribution in [-0.4, -0.2) is 19.2 Å². The Morgan fingerprint density at radius 2 is 2.33 bits per heavy atom. The van der Waals surface area contributed by atoms with Crippen LogP contribution in [0.1, 0.15) is 24.0 Å². The number of hydrogen-bond acceptors (Lipinski definition) is 3. The lowest BCUT2D eigenvalue weighted by atomic mass is 9.95. The summed E-state index contributed by atoms with van der Waals surface area (Å²) < 4.78 is 5.36. The van der Waals surface area contributed by atoms with Gasteiger partial charge in [0.2, 0.25) is 6.08 Å². The van der Waals surface area contributed by atoms with Gasteiger partial charge in [0.05, 0.1) is 12.8 Å². The van der Waals surface area contributed by atoms with E-state index in [1.165, 1.54) is 17.2 Å². The number of fused-ring (bicyclic) bond motifs is 1. The zero-order valence-electron chi connectivity index (χ0n) is 10.3. The summed E-state index contributed by atoms with van der Waals surface area (Å²) in [5.74, 6) is 0.288. The van der Waals surface area contributed by atoms with E-state index in [0.717, 1.165) is 5.57 Å². The van der Waals surface area contributed by atoms with Gasteiger partial charge in [0.1, 0.15) is 6.61 Å². The molecule has 0 radical (unpaired) electrons. The second-order valence-corrected chi connectivity index (χ2v) is 4.17. The number of isocyanates is 1. The van der Waals surface area contributed by atoms with Crippen molar-refractivity contribution in [3.63, 3.8) is 0 Å². The molecule has 1 aliphatic carbocycles. The van der Waals surface area contributed by atoms with Crippen LogP contribution in [0, 0.1) is 0 Å². The predicted octanol–water partition coefficient (Wildman–Crippen LogP) is 3.05. The third-order valence-corrected chi connectivity index (χ3v) is 2.94. The minimum atomic E-state index is 0.288. The molecule has 0 N–H and O–H groups in total. The van der Waals surface area contributed by atoms with Gasteiger partial charge in [0.25, 0.3) is 0 Å². The van der Waals surface area contributed by atoms with Crippen molar-refractivity contribution in [3.05, 3.63) is 53.3 Å². The average molecular weight is 241 g/mol. The zero-order valence-corrected chi connectivity index (χ0v) is 10.3. The first-order valence-electron chi connectivity index (χ1n) is 5.92. The number of nitrogens with zero attached hydrogens (tertiary/aromatic N) is 1. The highest BCUT2D eigenvalue weighted by Crippen LogP contribution is 2.34. The molecule has 0 saturated heterocycles. The molecule has 0 aromatic heterocycles. The third kappa shape index (κ3) is 2.76. The quantitative estimate of drug-likeness (QED) is 0.344. The van der Waals surface area contributed by atoms with Crippen LogP contribution >= 0.6 is 0 Å². The number of benzene rings is 1. The molecular formula is C15H15NO2. The van der Waals surface area contributed by atoms with Gasteiger partial charge < -0.3 is 4.74 Å². The smallest absolute Gasteiger partial charge is 0.235 e. The maximum atomic E-state index is 9.88. The number of hydrogen-bond donors (Lipinski definition) is 0. The average Bonchev–Trinajstić information content (AvgIpc) is 2.82. The predicted molar refractivity (Wildman–Crippen MR) is 70.9 cm³/mol. The molecule has 1 atom stereocenters. The van der Waals surface area contributed by atoms with Gasteiger partial charge in [-0.15, -0.1) is 0 Å². The van der Waals surface area contributed by atoms with Crippen molar-refractivity contribution < 1.29 is 9.53 Å². The van der Waals surface area contributed by atoms with E-state index in [9.17, 15) is 4.79 Å². The van der Waals surface area contributed by atoms with Crippen LogP contribution in [0.3, 0.4) is 0 Å². The SMILES string of the molecule is CC(=COCCN=C=O)C1C=Cc2ccccc21. The standard InChI is InChI=1S/C15H15NO2/c1-12(10-18-9-8-16-11-17)14-7-6-13-4-2-3-5-15(13)14/h2-7,10,14H,8-9H2,1H3. The van der Waals surface area contributed by atoms with E-state index in [4.69, 9.17) is 4.74 Å². The summed E-state index contributed by atoms with van der Waals surface area (Å²) in [6, 6.07) is 8.33. The second kappa shape index (κ2) is 5.99. The molecule has 1 unspecified atom stereocenters. The highest BCUT2D eigenvalue weighted by molar-refractivity contribution is 5.64. The number of ether oxygens (including phenoxy) is 1. The molecular weight excluding hydrogens is 226 g/mol. The normalized spacial score (nSPS) is 17.2. The molecule has 0 heterocycles. The van der Waals surface area contributed by atoms with E-state index < -0.39 is 0 Å². The number of rotatable bonds is 5. The van der Waals surface area contributed by atoms with Crippen LogP contribution in [0.15, 0.2) is 47.2 Å². The van der Waals surface area contributed by atoms with Crippen molar-refractivity contribution in [1.29, 1.82) is 0 Å². The molecule has 92 valence electrons. The Hall–Kier alpha value is -2.12. The number of aliphatic imine (C=N–C) groups is 1. The maximum Gasteiger partial charge on any atom is 0.235 e. The summed E-state index contributed by atoms with van der Waals surface area (Å²) in [6.45, 7) is 2.80. The van der Waals surface area contributed by atoms with E-state index >= 15 is 0 Å². The van der Waals surface area contributed by atoms with E-state index in [2.05, 4.69) is 29.3 Å². The Labute approximate surface area is 107 Å². The molecule has 0 saturated carbocycles. The van der Waals surface area contributed by atoms with Crippen molar-refractivity contribution >= 4 is 12.2 Å². The number of carbonyl (C=O) groups excluding carboxylic acids is 1. The zero-order chi connectivity index (χ0) is 12.8. The molecule has 0 fully saturated rings. The molecule has 1 aromatic rings. The van der Waals surface area contributed by atoms with Crippen LogP contribution in [0.2, 0.25) is 0 Å². The Morgan fingerprint density at radius 1 is 1.50 bits per heavy atom. The first kappa shape index (κ1) is 12.3. The van der Waals surface area contributed by atoms with Crippen LogP contribution in [-0.2, 0) is 9.53 Å². The van der Waals surface area contributed by atoms with E-state index in [1.807, 2.05) is 19.1 Å². The molecule has 2 rings (SSSR count). The van der Waals surface area contributed by atoms with Gasteiger partial charge >= 0.3 is 0 Å². The first-order chi connectivity index (χ1) is 8.83. The maximum absolute atomic E-state index is 9.88. The van der Waals surface area contributed by atoms with Crippen molar-refractivity contribution in [2.45, 2.75) is 12.8 Å². The molecule has 1 aliphatic rings. The summed E-state index contributed by atoms with van der Waals surface area (Å²) in [7, 11) is 0. The van der Waals surface area contributed by atoms with Crippen molar-refractivity contribution in [2.24, 2.45) is 4.99 Å². The van der Waals surface area contributed by atoms with Crippen LogP contribution in [0.25, 0.3) is 6.08 Å². The van der Waals surface area contributed by atoms with Gasteiger partial charge in [-0.2, -0.15) is 0 Å². The Balaban J connectivity index is 1.98. The van der Waals surface area contributed by atoms with Gasteiger partial charge in [0.15, 0.2) is 0 Å². The van der Waals surface area contributed by atoms with Crippen molar-refractivity contribution in [3.8, 4) is 0 Å². The van der Waals surface area contributed by atoms with Crippen molar-refractivity contribution in [2.75, 3.05) is 13.2 Å². The molecule has 0 aliphatic heterocycles. The molecule has 0 bridgehead atoms. The third-order valence-electron chi connectivity index (χ3n) is 2.94. The Morgan fingerprint density at radius 3 is 3.17 bits per heavy atom. The molecule has 1 aromatic carbocycles. The topological polar surface area (TPSA) is 38.7 Å². The lowest BCUT2D eigenvalue weighted by Crippen LogP contribution is -1.98. The fourth-order valence-corrected chi connectivity index (χ4v) is 2.05. The van der Waals surface area contributed by atoms with E-state index in [1.54, 1.807) is 6.26 Å². The Kier molecular flexibility index (Phi) is 4.11. The largest absolute Gasteiger partial charge is 0.499 e.